The molecule has 2 aromatic carbocycles. The number of fused-ring (bicyclic) bond motifs is 1. The van der Waals surface area contributed by atoms with E-state index in [1.807, 2.05) is 18.2 Å². The van der Waals surface area contributed by atoms with E-state index in [4.69, 9.17) is 0 Å². The highest BCUT2D eigenvalue weighted by atomic mass is 32.2. The van der Waals surface area contributed by atoms with Crippen molar-refractivity contribution in [3.05, 3.63) is 58.1 Å². The van der Waals surface area contributed by atoms with Crippen LogP contribution in [0.3, 0.4) is 0 Å². The summed E-state index contributed by atoms with van der Waals surface area (Å²) in [7, 11) is 0. The van der Waals surface area contributed by atoms with Crippen LogP contribution in [0.2, 0.25) is 0 Å². The maximum Gasteiger partial charge on any atom is 0.292 e. The van der Waals surface area contributed by atoms with Gasteiger partial charge in [0, 0.05) is 41.1 Å². The lowest BCUT2D eigenvalue weighted by Gasteiger charge is -2.11. The summed E-state index contributed by atoms with van der Waals surface area (Å²) in [6.07, 6.45) is 0.825. The Morgan fingerprint density at radius 3 is 2.82 bits per heavy atom. The van der Waals surface area contributed by atoms with Gasteiger partial charge in [-0.05, 0) is 24.6 Å². The second kappa shape index (κ2) is 6.70. The molecule has 1 aliphatic rings. The highest BCUT2D eigenvalue weighted by Gasteiger charge is 2.23. The van der Waals surface area contributed by atoms with Crippen molar-refractivity contribution in [1.82, 2.24) is 0 Å². The molecule has 22 heavy (non-hydrogen) atoms. The fourth-order valence-corrected chi connectivity index (χ4v) is 3.38. The first-order valence-electron chi connectivity index (χ1n) is 7.21. The fourth-order valence-electron chi connectivity index (χ4n) is 2.59. The standard InChI is InChI=1S/C16H17N3O2S/c20-19(21)15-7-6-14-13(8-9-17-14)16(15)18-10-11-22-12-4-2-1-3-5-12/h1-7,17-18H,8-11H2. The summed E-state index contributed by atoms with van der Waals surface area (Å²) in [5.41, 5.74) is 2.86. The zero-order chi connectivity index (χ0) is 15.4. The Labute approximate surface area is 133 Å². The summed E-state index contributed by atoms with van der Waals surface area (Å²) in [6, 6.07) is 13.5. The van der Waals surface area contributed by atoms with Crippen LogP contribution >= 0.6 is 11.8 Å². The first-order chi connectivity index (χ1) is 10.8. The van der Waals surface area contributed by atoms with Crippen LogP contribution in [0.25, 0.3) is 0 Å². The molecule has 0 bridgehead atoms. The Hall–Kier alpha value is -2.21. The second-order valence-electron chi connectivity index (χ2n) is 5.01. The minimum atomic E-state index is -0.314. The number of anilines is 2. The van der Waals surface area contributed by atoms with Crippen LogP contribution in [-0.4, -0.2) is 23.8 Å². The number of hydrogen-bond donors (Lipinski definition) is 2. The van der Waals surface area contributed by atoms with Gasteiger partial charge in [0.15, 0.2) is 0 Å². The third kappa shape index (κ3) is 3.17. The normalized spacial score (nSPS) is 12.5. The van der Waals surface area contributed by atoms with Gasteiger partial charge < -0.3 is 10.6 Å². The lowest BCUT2D eigenvalue weighted by atomic mass is 10.1. The maximum atomic E-state index is 11.2. The third-order valence-electron chi connectivity index (χ3n) is 3.59. The molecule has 2 aromatic rings. The van der Waals surface area contributed by atoms with Gasteiger partial charge in [0.1, 0.15) is 5.69 Å². The van der Waals surface area contributed by atoms with Crippen molar-refractivity contribution < 1.29 is 4.92 Å². The molecular formula is C16H17N3O2S. The van der Waals surface area contributed by atoms with E-state index in [1.54, 1.807) is 23.9 Å². The average Bonchev–Trinajstić information content (AvgIpc) is 3.01. The fraction of sp³-hybridized carbons (Fsp3) is 0.250. The molecule has 114 valence electrons. The summed E-state index contributed by atoms with van der Waals surface area (Å²) in [5, 5.41) is 17.7. The highest BCUT2D eigenvalue weighted by molar-refractivity contribution is 7.99. The van der Waals surface area contributed by atoms with Crippen molar-refractivity contribution in [3.63, 3.8) is 0 Å². The van der Waals surface area contributed by atoms with Gasteiger partial charge in [-0.2, -0.15) is 0 Å². The second-order valence-corrected chi connectivity index (χ2v) is 6.18. The molecule has 6 heteroatoms. The van der Waals surface area contributed by atoms with E-state index in [1.165, 1.54) is 4.90 Å². The largest absolute Gasteiger partial charge is 0.384 e. The average molecular weight is 315 g/mol. The highest BCUT2D eigenvalue weighted by Crippen LogP contribution is 2.36. The number of nitrogens with one attached hydrogen (secondary N) is 2. The molecule has 5 nitrogen and oxygen atoms in total. The molecule has 1 heterocycles. The van der Waals surface area contributed by atoms with Crippen LogP contribution in [-0.2, 0) is 6.42 Å². The van der Waals surface area contributed by atoms with Crippen LogP contribution in [0.5, 0.6) is 0 Å². The van der Waals surface area contributed by atoms with E-state index < -0.39 is 0 Å². The summed E-state index contributed by atoms with van der Waals surface area (Å²) >= 11 is 1.74. The van der Waals surface area contributed by atoms with Crippen LogP contribution < -0.4 is 10.6 Å². The summed E-state index contributed by atoms with van der Waals surface area (Å²) in [4.78, 5) is 12.1. The zero-order valence-electron chi connectivity index (χ0n) is 12.0. The molecule has 0 unspecified atom stereocenters. The maximum absolute atomic E-state index is 11.2. The lowest BCUT2D eigenvalue weighted by Crippen LogP contribution is -2.08. The Kier molecular flexibility index (Phi) is 4.48. The van der Waals surface area contributed by atoms with Crippen molar-refractivity contribution in [3.8, 4) is 0 Å². The summed E-state index contributed by atoms with van der Waals surface area (Å²) in [6.45, 7) is 1.53. The minimum Gasteiger partial charge on any atom is -0.384 e. The van der Waals surface area contributed by atoms with Crippen LogP contribution in [0.1, 0.15) is 5.56 Å². The van der Waals surface area contributed by atoms with Crippen LogP contribution in [0.4, 0.5) is 17.1 Å². The van der Waals surface area contributed by atoms with E-state index >= 15 is 0 Å². The smallest absolute Gasteiger partial charge is 0.292 e. The lowest BCUT2D eigenvalue weighted by molar-refractivity contribution is -0.384. The van der Waals surface area contributed by atoms with Gasteiger partial charge >= 0.3 is 0 Å². The molecule has 0 atom stereocenters. The van der Waals surface area contributed by atoms with Crippen molar-refractivity contribution >= 4 is 28.8 Å². The third-order valence-corrected chi connectivity index (χ3v) is 4.61. The molecule has 0 saturated heterocycles. The van der Waals surface area contributed by atoms with Crippen LogP contribution in [0, 0.1) is 10.1 Å². The quantitative estimate of drug-likeness (QED) is 0.368. The SMILES string of the molecule is O=[N+]([O-])c1ccc2c(c1NCCSc1ccccc1)CCN2. The molecule has 1 aliphatic heterocycles. The van der Waals surface area contributed by atoms with E-state index in [9.17, 15) is 10.1 Å². The van der Waals surface area contributed by atoms with E-state index in [2.05, 4.69) is 22.8 Å². The van der Waals surface area contributed by atoms with Crippen molar-refractivity contribution in [2.45, 2.75) is 11.3 Å². The Morgan fingerprint density at radius 1 is 1.23 bits per heavy atom. The van der Waals surface area contributed by atoms with E-state index in [-0.39, 0.29) is 10.6 Å². The number of hydrogen-bond acceptors (Lipinski definition) is 5. The number of thioether (sulfide) groups is 1. The van der Waals surface area contributed by atoms with Crippen LogP contribution in [0.15, 0.2) is 47.4 Å². The molecule has 0 radical (unpaired) electrons. The number of nitrogens with zero attached hydrogens (tertiary/aromatic N) is 1. The molecule has 0 aromatic heterocycles. The number of nitro groups is 1. The number of rotatable bonds is 6. The van der Waals surface area contributed by atoms with Gasteiger partial charge in [-0.15, -0.1) is 11.8 Å². The molecule has 0 aliphatic carbocycles. The molecule has 3 rings (SSSR count). The van der Waals surface area contributed by atoms with Crippen molar-refractivity contribution in [2.75, 3.05) is 29.5 Å². The monoisotopic (exact) mass is 315 g/mol. The molecule has 0 fully saturated rings. The first kappa shape index (κ1) is 14.7. The van der Waals surface area contributed by atoms with Gasteiger partial charge in [0.05, 0.1) is 4.92 Å². The molecule has 2 N–H and O–H groups in total. The minimum absolute atomic E-state index is 0.159. The molecule has 0 amide bonds. The van der Waals surface area contributed by atoms with Gasteiger partial charge in [-0.1, -0.05) is 18.2 Å². The molecular weight excluding hydrogens is 298 g/mol. The summed E-state index contributed by atoms with van der Waals surface area (Å²) in [5.74, 6) is 0.859. The zero-order valence-corrected chi connectivity index (χ0v) is 12.9. The van der Waals surface area contributed by atoms with Gasteiger partial charge in [0.25, 0.3) is 5.69 Å². The Bertz CT molecular complexity index is 677. The Balaban J connectivity index is 1.67. The van der Waals surface area contributed by atoms with E-state index in [0.717, 1.165) is 30.0 Å². The first-order valence-corrected chi connectivity index (χ1v) is 8.20. The predicted octanol–water partition coefficient (Wildman–Crippen LogP) is 3.77. The number of benzene rings is 2. The molecule has 0 spiro atoms. The summed E-state index contributed by atoms with van der Waals surface area (Å²) < 4.78 is 0. The predicted molar refractivity (Wildman–Crippen MR) is 90.9 cm³/mol. The van der Waals surface area contributed by atoms with Crippen molar-refractivity contribution in [1.29, 1.82) is 0 Å². The van der Waals surface area contributed by atoms with Gasteiger partial charge in [-0.25, -0.2) is 0 Å². The van der Waals surface area contributed by atoms with Gasteiger partial charge in [0.2, 0.25) is 0 Å². The van der Waals surface area contributed by atoms with Crippen molar-refractivity contribution in [2.24, 2.45) is 0 Å². The molecule has 0 saturated carbocycles. The van der Waals surface area contributed by atoms with Gasteiger partial charge in [-0.3, -0.25) is 10.1 Å². The number of nitro benzene ring substituents is 1. The Morgan fingerprint density at radius 2 is 2.05 bits per heavy atom. The topological polar surface area (TPSA) is 67.2 Å². The van der Waals surface area contributed by atoms with E-state index in [0.29, 0.717) is 12.2 Å².